The number of nitrogens with one attached hydrogen (secondary N) is 1. The van der Waals surface area contributed by atoms with Crippen LogP contribution in [0.4, 0.5) is 5.69 Å². The molecule has 6 heteroatoms. The van der Waals surface area contributed by atoms with Crippen molar-refractivity contribution in [3.8, 4) is 0 Å². The molecule has 130 valence electrons. The summed E-state index contributed by atoms with van der Waals surface area (Å²) in [6.45, 7) is 4.06. The number of anilines is 1. The fourth-order valence-electron chi connectivity index (χ4n) is 3.24. The van der Waals surface area contributed by atoms with Crippen LogP contribution in [0.2, 0.25) is 5.02 Å². The monoisotopic (exact) mass is 381 g/mol. The van der Waals surface area contributed by atoms with Crippen molar-refractivity contribution in [2.45, 2.75) is 44.3 Å². The molecule has 1 aliphatic carbocycles. The molecule has 0 spiro atoms. The number of thioether (sulfide) groups is 1. The van der Waals surface area contributed by atoms with E-state index in [-0.39, 0.29) is 0 Å². The van der Waals surface area contributed by atoms with E-state index >= 15 is 0 Å². The normalized spacial score (nSPS) is 23.7. The highest BCUT2D eigenvalue weighted by Gasteiger charge is 2.29. The average molecular weight is 382 g/mol. The first-order valence-electron chi connectivity index (χ1n) is 8.67. The van der Waals surface area contributed by atoms with Gasteiger partial charge in [0.1, 0.15) is 0 Å². The third-order valence-corrected chi connectivity index (χ3v) is 6.18. The highest BCUT2D eigenvalue weighted by atomic mass is 35.5. The first kappa shape index (κ1) is 18.0. The van der Waals surface area contributed by atoms with E-state index in [0.29, 0.717) is 15.4 Å². The van der Waals surface area contributed by atoms with Crippen LogP contribution < -0.4 is 5.32 Å². The van der Waals surface area contributed by atoms with E-state index in [0.717, 1.165) is 29.9 Å². The van der Waals surface area contributed by atoms with Gasteiger partial charge in [-0.25, -0.2) is 0 Å². The van der Waals surface area contributed by atoms with Gasteiger partial charge in [0, 0.05) is 29.0 Å². The van der Waals surface area contributed by atoms with E-state index < -0.39 is 0 Å². The Morgan fingerprint density at radius 3 is 2.92 bits per heavy atom. The van der Waals surface area contributed by atoms with Gasteiger partial charge in [0.2, 0.25) is 0 Å². The highest BCUT2D eigenvalue weighted by Crippen LogP contribution is 2.29. The predicted octanol–water partition coefficient (Wildman–Crippen LogP) is 5.41. The molecular weight excluding hydrogens is 358 g/mol. The summed E-state index contributed by atoms with van der Waals surface area (Å²) < 4.78 is 0. The number of halogens is 1. The molecule has 1 unspecified atom stereocenters. The molecular formula is C18H24ClN3S2. The lowest BCUT2D eigenvalue weighted by Crippen LogP contribution is -2.36. The molecule has 1 heterocycles. The van der Waals surface area contributed by atoms with Gasteiger partial charge in [-0.05, 0) is 49.2 Å². The molecule has 0 bridgehead atoms. The van der Waals surface area contributed by atoms with Gasteiger partial charge in [0.15, 0.2) is 10.3 Å². The summed E-state index contributed by atoms with van der Waals surface area (Å²) in [5.74, 6) is 0.749. The molecule has 1 aromatic rings. The van der Waals surface area contributed by atoms with Crippen LogP contribution in [0, 0.1) is 5.92 Å². The maximum atomic E-state index is 6.05. The zero-order valence-corrected chi connectivity index (χ0v) is 16.4. The summed E-state index contributed by atoms with van der Waals surface area (Å²) in [6, 6.07) is 7.65. The summed E-state index contributed by atoms with van der Waals surface area (Å²) >= 11 is 13.5. The van der Waals surface area contributed by atoms with E-state index in [9.17, 15) is 0 Å². The van der Waals surface area contributed by atoms with Crippen LogP contribution in [0.3, 0.4) is 0 Å². The molecule has 1 atom stereocenters. The maximum absolute atomic E-state index is 6.05. The molecule has 0 radical (unpaired) electrons. The zero-order chi connectivity index (χ0) is 16.9. The Bertz CT molecular complexity index is 614. The van der Waals surface area contributed by atoms with Crippen molar-refractivity contribution in [3.63, 3.8) is 0 Å². The third kappa shape index (κ3) is 4.87. The maximum Gasteiger partial charge on any atom is 0.179 e. The van der Waals surface area contributed by atoms with Crippen molar-refractivity contribution >= 4 is 51.5 Å². The van der Waals surface area contributed by atoms with Crippen LogP contribution in [-0.2, 0) is 0 Å². The average Bonchev–Trinajstić information content (AvgIpc) is 2.95. The van der Waals surface area contributed by atoms with E-state index in [4.69, 9.17) is 28.8 Å². The molecule has 0 amide bonds. The summed E-state index contributed by atoms with van der Waals surface area (Å²) in [5.41, 5.74) is 0.920. The molecule has 1 aromatic carbocycles. The molecule has 2 aliphatic rings. The van der Waals surface area contributed by atoms with Gasteiger partial charge in [-0.15, -0.1) is 0 Å². The Kier molecular flexibility index (Phi) is 6.42. The van der Waals surface area contributed by atoms with Gasteiger partial charge >= 0.3 is 0 Å². The van der Waals surface area contributed by atoms with E-state index in [2.05, 4.69) is 17.1 Å². The van der Waals surface area contributed by atoms with Crippen molar-refractivity contribution in [1.29, 1.82) is 0 Å². The Balaban J connectivity index is 1.64. The van der Waals surface area contributed by atoms with Gasteiger partial charge in [-0.1, -0.05) is 55.6 Å². The van der Waals surface area contributed by atoms with Crippen molar-refractivity contribution in [3.05, 3.63) is 29.3 Å². The molecule has 3 nitrogen and oxygen atoms in total. The van der Waals surface area contributed by atoms with E-state index in [1.807, 2.05) is 36.0 Å². The van der Waals surface area contributed by atoms with Gasteiger partial charge < -0.3 is 5.32 Å². The Morgan fingerprint density at radius 1 is 1.38 bits per heavy atom. The minimum absolute atomic E-state index is 0.509. The number of hydrogen-bond acceptors (Lipinski definition) is 3. The van der Waals surface area contributed by atoms with E-state index in [1.54, 1.807) is 0 Å². The Morgan fingerprint density at radius 2 is 2.17 bits per heavy atom. The summed E-state index contributed by atoms with van der Waals surface area (Å²) in [5, 5.41) is 6.27. The van der Waals surface area contributed by atoms with Crippen LogP contribution in [0.15, 0.2) is 29.3 Å². The van der Waals surface area contributed by atoms with Gasteiger partial charge in [0.05, 0.1) is 0 Å². The number of nitrogens with zero attached hydrogens (tertiary/aromatic N) is 2. The second kappa shape index (κ2) is 8.54. The number of amidine groups is 1. The molecule has 1 saturated heterocycles. The van der Waals surface area contributed by atoms with Crippen molar-refractivity contribution < 1.29 is 0 Å². The zero-order valence-electron chi connectivity index (χ0n) is 14.0. The molecule has 3 rings (SSSR count). The van der Waals surface area contributed by atoms with Gasteiger partial charge in [-0.2, -0.15) is 0 Å². The lowest BCUT2D eigenvalue weighted by atomic mass is 9.89. The first-order valence-corrected chi connectivity index (χ1v) is 10.3. The van der Waals surface area contributed by atoms with Gasteiger partial charge in [-0.3, -0.25) is 9.89 Å². The second-order valence-corrected chi connectivity index (χ2v) is 8.84. The number of hydrogen-bond donors (Lipinski definition) is 1. The third-order valence-electron chi connectivity index (χ3n) is 4.51. The summed E-state index contributed by atoms with van der Waals surface area (Å²) in [6.07, 6.45) is 6.75. The Labute approximate surface area is 159 Å². The molecule has 1 N–H and O–H groups in total. The van der Waals surface area contributed by atoms with Crippen LogP contribution in [0.5, 0.6) is 0 Å². The summed E-state index contributed by atoms with van der Waals surface area (Å²) in [7, 11) is 0. The number of benzene rings is 1. The second-order valence-electron chi connectivity index (χ2n) is 6.61. The van der Waals surface area contributed by atoms with Crippen molar-refractivity contribution in [2.24, 2.45) is 10.9 Å². The van der Waals surface area contributed by atoms with Crippen LogP contribution in [-0.4, -0.2) is 33.5 Å². The van der Waals surface area contributed by atoms with Crippen LogP contribution >= 0.6 is 35.6 Å². The highest BCUT2D eigenvalue weighted by molar-refractivity contribution is 8.14. The minimum atomic E-state index is 0.509. The number of rotatable bonds is 3. The smallest absolute Gasteiger partial charge is 0.179 e. The van der Waals surface area contributed by atoms with Crippen LogP contribution in [0.1, 0.15) is 39.0 Å². The molecule has 2 fully saturated rings. The fraction of sp³-hybridized carbons (Fsp3) is 0.556. The van der Waals surface area contributed by atoms with Crippen molar-refractivity contribution in [2.75, 3.05) is 18.4 Å². The molecule has 1 saturated carbocycles. The quantitative estimate of drug-likeness (QED) is 0.708. The van der Waals surface area contributed by atoms with Crippen LogP contribution in [0.25, 0.3) is 0 Å². The fourth-order valence-corrected chi connectivity index (χ4v) is 4.80. The Hall–Kier alpha value is -0.780. The number of thiocarbonyl (C=S) groups is 1. The van der Waals surface area contributed by atoms with Gasteiger partial charge in [0.25, 0.3) is 0 Å². The molecule has 24 heavy (non-hydrogen) atoms. The lowest BCUT2D eigenvalue weighted by Gasteiger charge is -2.22. The standard InChI is InChI=1S/C18H24ClN3S2/c1-13-12-22(17(23)21-16-9-5-8-15(19)10-16)18(24-13)20-11-14-6-3-2-4-7-14/h5,8-10,13-14H,2-4,6-7,11-12H2,1H3,(H,21,23). The van der Waals surface area contributed by atoms with E-state index in [1.165, 1.54) is 32.1 Å². The first-order chi connectivity index (χ1) is 11.6. The molecule has 0 aromatic heterocycles. The molecule has 1 aliphatic heterocycles. The van der Waals surface area contributed by atoms with Crippen molar-refractivity contribution in [1.82, 2.24) is 4.90 Å². The predicted molar refractivity (Wildman–Crippen MR) is 110 cm³/mol. The topological polar surface area (TPSA) is 27.6 Å². The lowest BCUT2D eigenvalue weighted by molar-refractivity contribution is 0.366. The minimum Gasteiger partial charge on any atom is -0.332 e. The largest absolute Gasteiger partial charge is 0.332 e. The summed E-state index contributed by atoms with van der Waals surface area (Å²) in [4.78, 5) is 7.04. The SMILES string of the molecule is CC1CN(C(=S)Nc2cccc(Cl)c2)C(=NCC2CCCCC2)S1. The number of aliphatic imine (C=N–C) groups is 1.